The number of likely N-dealkylation sites (tertiary alicyclic amines) is 1. The largest absolute Gasteiger partial charge is 0.360 e. The molecule has 0 unspecified atom stereocenters. The molecule has 0 radical (unpaired) electrons. The van der Waals surface area contributed by atoms with Gasteiger partial charge in [-0.15, -0.1) is 0 Å². The van der Waals surface area contributed by atoms with Crippen molar-refractivity contribution in [3.63, 3.8) is 0 Å². The summed E-state index contributed by atoms with van der Waals surface area (Å²) in [6.07, 6.45) is 5.49. The molecular weight excluding hydrogens is 314 g/mol. The van der Waals surface area contributed by atoms with Gasteiger partial charge in [0.1, 0.15) is 5.76 Å². The molecule has 1 atom stereocenters. The van der Waals surface area contributed by atoms with E-state index < -0.39 is 0 Å². The van der Waals surface area contributed by atoms with Gasteiger partial charge in [-0.3, -0.25) is 4.79 Å². The van der Waals surface area contributed by atoms with Gasteiger partial charge >= 0.3 is 0 Å². The van der Waals surface area contributed by atoms with Crippen LogP contribution in [-0.4, -0.2) is 41.6 Å². The zero-order valence-electron chi connectivity index (χ0n) is 14.5. The van der Waals surface area contributed by atoms with Gasteiger partial charge in [0, 0.05) is 31.1 Å². The van der Waals surface area contributed by atoms with Crippen molar-refractivity contribution >= 4 is 5.91 Å². The fraction of sp³-hybridized carbons (Fsp3) is 0.500. The van der Waals surface area contributed by atoms with Crippen molar-refractivity contribution in [3.05, 3.63) is 53.4 Å². The summed E-state index contributed by atoms with van der Waals surface area (Å²) in [6.45, 7) is 3.05. The summed E-state index contributed by atoms with van der Waals surface area (Å²) in [7, 11) is 0. The van der Waals surface area contributed by atoms with E-state index in [2.05, 4.69) is 45.7 Å². The third-order valence-electron chi connectivity index (χ3n) is 5.14. The van der Waals surface area contributed by atoms with E-state index in [1.165, 1.54) is 5.56 Å². The predicted molar refractivity (Wildman–Crippen MR) is 95.6 cm³/mol. The van der Waals surface area contributed by atoms with Gasteiger partial charge in [0.25, 0.3) is 5.91 Å². The highest BCUT2D eigenvalue weighted by Gasteiger charge is 2.29. The van der Waals surface area contributed by atoms with E-state index in [1.807, 2.05) is 6.07 Å². The molecule has 1 saturated heterocycles. The second kappa shape index (κ2) is 7.40. The fourth-order valence-electron chi connectivity index (χ4n) is 3.52. The van der Waals surface area contributed by atoms with Crippen molar-refractivity contribution in [2.24, 2.45) is 0 Å². The van der Waals surface area contributed by atoms with E-state index in [-0.39, 0.29) is 11.9 Å². The Hall–Kier alpha value is -2.14. The summed E-state index contributed by atoms with van der Waals surface area (Å²) < 4.78 is 5.29. The molecule has 0 spiro atoms. The number of amides is 1. The maximum Gasteiger partial charge on any atom is 0.273 e. The number of rotatable bonds is 6. The number of nitrogens with zero attached hydrogens (tertiary/aromatic N) is 2. The van der Waals surface area contributed by atoms with Gasteiger partial charge in [-0.05, 0) is 44.2 Å². The highest BCUT2D eigenvalue weighted by atomic mass is 16.5. The molecule has 1 amide bonds. The molecule has 132 valence electrons. The Morgan fingerprint density at radius 1 is 1.24 bits per heavy atom. The quantitative estimate of drug-likeness (QED) is 0.879. The minimum Gasteiger partial charge on any atom is -0.360 e. The van der Waals surface area contributed by atoms with Crippen molar-refractivity contribution in [3.8, 4) is 0 Å². The lowest BCUT2D eigenvalue weighted by Crippen LogP contribution is -2.48. The molecule has 1 N–H and O–H groups in total. The minimum absolute atomic E-state index is 0.106. The number of hydrogen-bond donors (Lipinski definition) is 1. The van der Waals surface area contributed by atoms with Crippen LogP contribution < -0.4 is 5.32 Å². The Labute approximate surface area is 148 Å². The van der Waals surface area contributed by atoms with Gasteiger partial charge in [-0.1, -0.05) is 35.5 Å². The van der Waals surface area contributed by atoms with E-state index in [1.54, 1.807) is 0 Å². The lowest BCUT2D eigenvalue weighted by atomic mass is 10.0. The van der Waals surface area contributed by atoms with Crippen molar-refractivity contribution in [2.45, 2.75) is 44.1 Å². The minimum atomic E-state index is -0.106. The Bertz CT molecular complexity index is 709. The van der Waals surface area contributed by atoms with Gasteiger partial charge in [-0.25, -0.2) is 0 Å². The first kappa shape index (κ1) is 16.3. The highest BCUT2D eigenvalue weighted by Crippen LogP contribution is 2.40. The number of carbonyl (C=O) groups excluding carboxylic acids is 1. The number of piperidine rings is 1. The van der Waals surface area contributed by atoms with Crippen LogP contribution in [0.2, 0.25) is 0 Å². The molecule has 5 nitrogen and oxygen atoms in total. The third kappa shape index (κ3) is 4.28. The van der Waals surface area contributed by atoms with Crippen LogP contribution in [0, 0.1) is 0 Å². The van der Waals surface area contributed by atoms with E-state index in [0.717, 1.165) is 57.5 Å². The Morgan fingerprint density at radius 2 is 2.08 bits per heavy atom. The third-order valence-corrected chi connectivity index (χ3v) is 5.14. The van der Waals surface area contributed by atoms with Gasteiger partial charge in [-0.2, -0.15) is 0 Å². The molecule has 1 saturated carbocycles. The van der Waals surface area contributed by atoms with Crippen LogP contribution in [0.15, 0.2) is 40.9 Å². The number of benzene rings is 1. The van der Waals surface area contributed by atoms with Crippen LogP contribution in [0.25, 0.3) is 0 Å². The van der Waals surface area contributed by atoms with Crippen molar-refractivity contribution < 1.29 is 9.32 Å². The topological polar surface area (TPSA) is 58.4 Å². The standard InChI is InChI=1S/C20H25N3O2/c24-20(18-13-19(25-22-18)16-8-9-16)21-17-7-4-11-23(14-17)12-10-15-5-2-1-3-6-15/h1-3,5-6,13,16-17H,4,7-12,14H2,(H,21,24)/t17-/m1/s1. The lowest BCUT2D eigenvalue weighted by Gasteiger charge is -2.33. The molecule has 2 aromatic rings. The molecule has 0 bridgehead atoms. The maximum atomic E-state index is 12.4. The predicted octanol–water partition coefficient (Wildman–Crippen LogP) is 2.99. The van der Waals surface area contributed by atoms with E-state index in [4.69, 9.17) is 4.52 Å². The highest BCUT2D eigenvalue weighted by molar-refractivity contribution is 5.92. The molecular formula is C20H25N3O2. The van der Waals surface area contributed by atoms with Crippen LogP contribution in [0.4, 0.5) is 0 Å². The zero-order valence-corrected chi connectivity index (χ0v) is 14.5. The van der Waals surface area contributed by atoms with Crippen molar-refractivity contribution in [1.29, 1.82) is 0 Å². The molecule has 1 aromatic carbocycles. The van der Waals surface area contributed by atoms with Crippen LogP contribution in [0.3, 0.4) is 0 Å². The lowest BCUT2D eigenvalue weighted by molar-refractivity contribution is 0.0895. The van der Waals surface area contributed by atoms with Gasteiger partial charge in [0.2, 0.25) is 0 Å². The second-order valence-corrected chi connectivity index (χ2v) is 7.24. The van der Waals surface area contributed by atoms with Gasteiger partial charge < -0.3 is 14.7 Å². The molecule has 1 aliphatic heterocycles. The summed E-state index contributed by atoms with van der Waals surface area (Å²) in [5, 5.41) is 7.07. The Kier molecular flexibility index (Phi) is 4.83. The molecule has 4 rings (SSSR count). The Morgan fingerprint density at radius 3 is 2.88 bits per heavy atom. The first-order valence-corrected chi connectivity index (χ1v) is 9.32. The number of carbonyl (C=O) groups is 1. The SMILES string of the molecule is O=C(N[C@@H]1CCCN(CCc2ccccc2)C1)c1cc(C2CC2)on1. The smallest absolute Gasteiger partial charge is 0.273 e. The first-order valence-electron chi connectivity index (χ1n) is 9.32. The second-order valence-electron chi connectivity index (χ2n) is 7.24. The number of hydrogen-bond acceptors (Lipinski definition) is 4. The molecule has 2 aliphatic rings. The maximum absolute atomic E-state index is 12.4. The fourth-order valence-corrected chi connectivity index (χ4v) is 3.52. The summed E-state index contributed by atoms with van der Waals surface area (Å²) in [6, 6.07) is 12.6. The summed E-state index contributed by atoms with van der Waals surface area (Å²) >= 11 is 0. The van der Waals surface area contributed by atoms with Gasteiger partial charge in [0.15, 0.2) is 5.69 Å². The molecule has 1 aromatic heterocycles. The van der Waals surface area contributed by atoms with Crippen LogP contribution in [0.5, 0.6) is 0 Å². The molecule has 25 heavy (non-hydrogen) atoms. The van der Waals surface area contributed by atoms with Crippen molar-refractivity contribution in [1.82, 2.24) is 15.4 Å². The number of nitrogens with one attached hydrogen (secondary N) is 1. The summed E-state index contributed by atoms with van der Waals surface area (Å²) in [4.78, 5) is 14.8. The van der Waals surface area contributed by atoms with Crippen LogP contribution in [0.1, 0.15) is 53.4 Å². The Balaban J connectivity index is 1.27. The summed E-state index contributed by atoms with van der Waals surface area (Å²) in [5.41, 5.74) is 1.78. The van der Waals surface area contributed by atoms with E-state index >= 15 is 0 Å². The average Bonchev–Trinajstić information content (AvgIpc) is 3.38. The first-order chi connectivity index (χ1) is 12.3. The van der Waals surface area contributed by atoms with Crippen LogP contribution >= 0.6 is 0 Å². The van der Waals surface area contributed by atoms with E-state index in [0.29, 0.717) is 11.6 Å². The molecule has 2 fully saturated rings. The summed E-state index contributed by atoms with van der Waals surface area (Å²) in [5.74, 6) is 1.24. The van der Waals surface area contributed by atoms with Crippen molar-refractivity contribution in [2.75, 3.05) is 19.6 Å². The van der Waals surface area contributed by atoms with E-state index in [9.17, 15) is 4.79 Å². The zero-order chi connectivity index (χ0) is 17.1. The number of aromatic nitrogens is 1. The monoisotopic (exact) mass is 339 g/mol. The normalized spacial score (nSPS) is 21.2. The van der Waals surface area contributed by atoms with Crippen LogP contribution in [-0.2, 0) is 6.42 Å². The molecule has 5 heteroatoms. The molecule has 1 aliphatic carbocycles. The molecule has 2 heterocycles. The van der Waals surface area contributed by atoms with Gasteiger partial charge in [0.05, 0.1) is 0 Å². The average molecular weight is 339 g/mol.